The molecule has 0 radical (unpaired) electrons. The second-order valence-corrected chi connectivity index (χ2v) is 9.72. The third-order valence-electron chi connectivity index (χ3n) is 5.94. The molecule has 5 rings (SSSR count). The molecule has 0 N–H and O–H groups in total. The Hall–Kier alpha value is -3.43. The number of carbonyl (C=O) groups excluding carboxylic acids is 1. The minimum absolute atomic E-state index is 0.222. The molecular formula is C29H20Cl3NO4. The third-order valence-corrected chi connectivity index (χ3v) is 6.88. The molecule has 0 atom stereocenters. The second kappa shape index (κ2) is 10.9. The van der Waals surface area contributed by atoms with Crippen molar-refractivity contribution in [3.63, 3.8) is 0 Å². The molecule has 0 aliphatic heterocycles. The van der Waals surface area contributed by atoms with E-state index < -0.39 is 5.97 Å². The Labute approximate surface area is 229 Å². The maximum atomic E-state index is 11.6. The number of halogens is 3. The molecule has 0 spiro atoms. The van der Waals surface area contributed by atoms with Crippen molar-refractivity contribution in [1.82, 2.24) is 5.16 Å². The molecule has 5 nitrogen and oxygen atoms in total. The Morgan fingerprint density at radius 3 is 2.38 bits per heavy atom. The highest BCUT2D eigenvalue weighted by atomic mass is 35.5. The molecule has 186 valence electrons. The molecule has 1 saturated carbocycles. The molecule has 1 aliphatic carbocycles. The van der Waals surface area contributed by atoms with Crippen LogP contribution in [0.3, 0.4) is 0 Å². The van der Waals surface area contributed by atoms with Crippen LogP contribution in [-0.4, -0.2) is 18.2 Å². The Bertz CT molecular complexity index is 1510. The molecule has 37 heavy (non-hydrogen) atoms. The first kappa shape index (κ1) is 25.2. The highest BCUT2D eigenvalue weighted by Gasteiger charge is 2.33. The van der Waals surface area contributed by atoms with E-state index in [1.807, 2.05) is 6.07 Å². The van der Waals surface area contributed by atoms with Gasteiger partial charge < -0.3 is 14.0 Å². The largest absolute Gasteiger partial charge is 0.489 e. The van der Waals surface area contributed by atoms with Crippen molar-refractivity contribution in [2.24, 2.45) is 0 Å². The lowest BCUT2D eigenvalue weighted by molar-refractivity contribution is 0.0600. The van der Waals surface area contributed by atoms with Gasteiger partial charge in [-0.1, -0.05) is 57.9 Å². The summed E-state index contributed by atoms with van der Waals surface area (Å²) in [6.07, 6.45) is 2.09. The van der Waals surface area contributed by atoms with Crippen LogP contribution in [0.2, 0.25) is 15.1 Å². The van der Waals surface area contributed by atoms with Gasteiger partial charge in [-0.05, 0) is 61.4 Å². The van der Waals surface area contributed by atoms with Crippen LogP contribution in [0.1, 0.15) is 51.6 Å². The molecule has 1 aromatic heterocycles. The van der Waals surface area contributed by atoms with Gasteiger partial charge in [0, 0.05) is 28.7 Å². The van der Waals surface area contributed by atoms with Crippen LogP contribution in [0.4, 0.5) is 0 Å². The van der Waals surface area contributed by atoms with E-state index >= 15 is 0 Å². The van der Waals surface area contributed by atoms with Gasteiger partial charge in [-0.3, -0.25) is 0 Å². The number of esters is 1. The fourth-order valence-electron chi connectivity index (χ4n) is 3.84. The number of aromatic nitrogens is 1. The van der Waals surface area contributed by atoms with E-state index in [2.05, 4.69) is 17.0 Å². The Morgan fingerprint density at radius 1 is 1.00 bits per heavy atom. The van der Waals surface area contributed by atoms with Crippen molar-refractivity contribution < 1.29 is 18.8 Å². The molecular weight excluding hydrogens is 533 g/mol. The van der Waals surface area contributed by atoms with Gasteiger partial charge in [0.05, 0.1) is 33.3 Å². The van der Waals surface area contributed by atoms with E-state index in [0.717, 1.165) is 29.7 Å². The van der Waals surface area contributed by atoms with Crippen molar-refractivity contribution >= 4 is 40.8 Å². The molecule has 1 fully saturated rings. The fourth-order valence-corrected chi connectivity index (χ4v) is 4.63. The summed E-state index contributed by atoms with van der Waals surface area (Å²) in [6, 6.07) is 17.5. The van der Waals surface area contributed by atoms with E-state index in [1.54, 1.807) is 54.6 Å². The Balaban J connectivity index is 1.34. The van der Waals surface area contributed by atoms with Gasteiger partial charge in [0.1, 0.15) is 23.8 Å². The maximum absolute atomic E-state index is 11.6. The summed E-state index contributed by atoms with van der Waals surface area (Å²) in [5, 5.41) is 5.74. The summed E-state index contributed by atoms with van der Waals surface area (Å²) in [5.41, 5.74) is 3.90. The highest BCUT2D eigenvalue weighted by Crippen LogP contribution is 2.46. The van der Waals surface area contributed by atoms with Gasteiger partial charge in [0.15, 0.2) is 0 Å². The van der Waals surface area contributed by atoms with Crippen LogP contribution >= 0.6 is 34.8 Å². The zero-order valence-corrected chi connectivity index (χ0v) is 22.0. The van der Waals surface area contributed by atoms with Crippen molar-refractivity contribution in [3.05, 3.63) is 104 Å². The summed E-state index contributed by atoms with van der Waals surface area (Å²) in [4.78, 5) is 11.6. The van der Waals surface area contributed by atoms with Gasteiger partial charge in [0.25, 0.3) is 0 Å². The number of methoxy groups -OCH3 is 1. The molecule has 8 heteroatoms. The summed E-state index contributed by atoms with van der Waals surface area (Å²) in [5.74, 6) is 7.42. The van der Waals surface area contributed by atoms with E-state index in [1.165, 1.54) is 7.11 Å². The van der Waals surface area contributed by atoms with Crippen molar-refractivity contribution in [1.29, 1.82) is 0 Å². The first-order chi connectivity index (χ1) is 17.9. The van der Waals surface area contributed by atoms with Gasteiger partial charge >= 0.3 is 5.97 Å². The van der Waals surface area contributed by atoms with Gasteiger partial charge in [0.2, 0.25) is 0 Å². The van der Waals surface area contributed by atoms with Crippen LogP contribution < -0.4 is 4.74 Å². The first-order valence-corrected chi connectivity index (χ1v) is 12.6. The predicted octanol–water partition coefficient (Wildman–Crippen LogP) is 7.94. The SMILES string of the molecule is COC(=O)c1ccc(C#Cc2ccc(OCc3c(-c4c(Cl)cccc4Cl)noc3C3CC3)cc2Cl)cc1. The van der Waals surface area contributed by atoms with Crippen molar-refractivity contribution in [3.8, 4) is 28.8 Å². The zero-order valence-electron chi connectivity index (χ0n) is 19.7. The predicted molar refractivity (Wildman–Crippen MR) is 143 cm³/mol. The van der Waals surface area contributed by atoms with E-state index in [0.29, 0.717) is 49.1 Å². The summed E-state index contributed by atoms with van der Waals surface area (Å²) in [6.45, 7) is 0.222. The van der Waals surface area contributed by atoms with Gasteiger partial charge in [-0.25, -0.2) is 4.79 Å². The smallest absolute Gasteiger partial charge is 0.337 e. The first-order valence-electron chi connectivity index (χ1n) is 11.5. The minimum atomic E-state index is -0.393. The summed E-state index contributed by atoms with van der Waals surface area (Å²) < 4.78 is 16.5. The Kier molecular flexibility index (Phi) is 7.43. The zero-order chi connectivity index (χ0) is 25.9. The van der Waals surface area contributed by atoms with Gasteiger partial charge in [-0.2, -0.15) is 0 Å². The topological polar surface area (TPSA) is 61.6 Å². The van der Waals surface area contributed by atoms with Crippen LogP contribution in [0.25, 0.3) is 11.3 Å². The second-order valence-electron chi connectivity index (χ2n) is 8.49. The minimum Gasteiger partial charge on any atom is -0.489 e. The molecule has 3 aromatic carbocycles. The molecule has 1 aliphatic rings. The lowest BCUT2D eigenvalue weighted by Gasteiger charge is -2.10. The average Bonchev–Trinajstić information content (AvgIpc) is 3.67. The third kappa shape index (κ3) is 5.62. The van der Waals surface area contributed by atoms with Crippen molar-refractivity contribution in [2.45, 2.75) is 25.4 Å². The maximum Gasteiger partial charge on any atom is 0.337 e. The van der Waals surface area contributed by atoms with Crippen molar-refractivity contribution in [2.75, 3.05) is 7.11 Å². The van der Waals surface area contributed by atoms with Crippen LogP contribution in [0.5, 0.6) is 5.75 Å². The number of hydrogen-bond donors (Lipinski definition) is 0. The fraction of sp³-hybridized carbons (Fsp3) is 0.172. The number of hydrogen-bond acceptors (Lipinski definition) is 5. The number of benzene rings is 3. The molecule has 1 heterocycles. The number of nitrogens with zero attached hydrogens (tertiary/aromatic N) is 1. The van der Waals surface area contributed by atoms with E-state index in [9.17, 15) is 4.79 Å². The highest BCUT2D eigenvalue weighted by molar-refractivity contribution is 6.39. The molecule has 4 aromatic rings. The molecule has 0 saturated heterocycles. The lowest BCUT2D eigenvalue weighted by Crippen LogP contribution is -2.00. The summed E-state index contributed by atoms with van der Waals surface area (Å²) >= 11 is 19.4. The van der Waals surface area contributed by atoms with Crippen LogP contribution in [0.15, 0.2) is 65.2 Å². The molecule has 0 bridgehead atoms. The molecule has 0 amide bonds. The van der Waals surface area contributed by atoms with Crippen LogP contribution in [0, 0.1) is 11.8 Å². The number of ether oxygens (including phenoxy) is 2. The van der Waals surface area contributed by atoms with Crippen LogP contribution in [-0.2, 0) is 11.3 Å². The van der Waals surface area contributed by atoms with Gasteiger partial charge in [-0.15, -0.1) is 0 Å². The number of carbonyl (C=O) groups is 1. The summed E-state index contributed by atoms with van der Waals surface area (Å²) in [7, 11) is 1.34. The van der Waals surface area contributed by atoms with E-state index in [4.69, 9.17) is 48.8 Å². The molecule has 0 unspecified atom stereocenters. The lowest BCUT2D eigenvalue weighted by atomic mass is 10.0. The number of rotatable bonds is 6. The monoisotopic (exact) mass is 551 g/mol. The normalized spacial score (nSPS) is 12.5. The Morgan fingerprint density at radius 2 is 1.73 bits per heavy atom. The van der Waals surface area contributed by atoms with E-state index in [-0.39, 0.29) is 6.61 Å². The standard InChI is InChI=1S/C29H20Cl3NO4/c1-35-29(34)20-9-6-17(7-10-20)5-8-18-13-14-21(15-25(18)32)36-16-22-27(33-37-28(22)19-11-12-19)26-23(30)3-2-4-24(26)31/h2-4,6-7,9-10,13-15,19H,11-12,16H2,1H3. The average molecular weight is 553 g/mol. The quantitative estimate of drug-likeness (QED) is 0.179.